The van der Waals surface area contributed by atoms with Gasteiger partial charge in [0.2, 0.25) is 34.1 Å². The van der Waals surface area contributed by atoms with Crippen molar-refractivity contribution in [3.05, 3.63) is 23.9 Å². The molecule has 3 aliphatic carbocycles. The maximum absolute atomic E-state index is 16.3. The normalized spacial score (nSPS) is 31.7. The molecule has 1 saturated heterocycles. The number of aromatic nitrogens is 2. The summed E-state index contributed by atoms with van der Waals surface area (Å²) in [4.78, 5) is 65.9. The summed E-state index contributed by atoms with van der Waals surface area (Å²) in [5.41, 5.74) is -4.13. The summed E-state index contributed by atoms with van der Waals surface area (Å²) in [6.07, 6.45) is -5.10. The Morgan fingerprint density at radius 2 is 1.78 bits per heavy atom. The van der Waals surface area contributed by atoms with Crippen molar-refractivity contribution in [1.29, 1.82) is 0 Å². The number of amides is 4. The van der Waals surface area contributed by atoms with Crippen LogP contribution in [-0.4, -0.2) is 99.8 Å². The second kappa shape index (κ2) is 14.9. The van der Waals surface area contributed by atoms with Crippen LogP contribution in [0.4, 0.5) is 22.4 Å². The molecule has 5 aliphatic rings. The number of benzene rings is 1. The Kier molecular flexibility index (Phi) is 10.8. The van der Waals surface area contributed by atoms with E-state index in [1.807, 2.05) is 4.72 Å². The third-order valence-corrected chi connectivity index (χ3v) is 14.7. The van der Waals surface area contributed by atoms with Crippen molar-refractivity contribution in [2.75, 3.05) is 6.54 Å². The lowest BCUT2D eigenvalue weighted by atomic mass is 9.85. The number of alkyl halides is 4. The van der Waals surface area contributed by atoms with Gasteiger partial charge in [0.05, 0.1) is 28.2 Å². The molecule has 59 heavy (non-hydrogen) atoms. The fourth-order valence-corrected chi connectivity index (χ4v) is 9.63. The number of halogens is 4. The second-order valence-corrected chi connectivity index (χ2v) is 20.2. The number of nitrogens with one attached hydrogen (secondary N) is 3. The number of sulfonamides is 1. The molecule has 20 heteroatoms. The van der Waals surface area contributed by atoms with Crippen LogP contribution in [0.1, 0.15) is 98.1 Å². The second-order valence-electron chi connectivity index (χ2n) is 18.0. The van der Waals surface area contributed by atoms with Gasteiger partial charge in [0.15, 0.2) is 5.69 Å². The molecule has 4 fully saturated rings. The van der Waals surface area contributed by atoms with Crippen LogP contribution in [0.5, 0.6) is 11.6 Å². The molecule has 15 nitrogen and oxygen atoms in total. The Hall–Kier alpha value is -4.49. The number of ether oxygens (including phenoxy) is 2. The van der Waals surface area contributed by atoms with Gasteiger partial charge in [0.1, 0.15) is 35.6 Å². The molecule has 2 aliphatic heterocycles. The van der Waals surface area contributed by atoms with E-state index in [0.717, 1.165) is 4.90 Å². The van der Waals surface area contributed by atoms with Gasteiger partial charge in [-0.05, 0) is 75.3 Å². The van der Waals surface area contributed by atoms with Crippen molar-refractivity contribution in [3.8, 4) is 11.6 Å². The number of phenols is 1. The molecule has 3 saturated carbocycles. The fourth-order valence-electron chi connectivity index (χ4n) is 8.31. The van der Waals surface area contributed by atoms with E-state index >= 15 is 8.78 Å². The quantitative estimate of drug-likeness (QED) is 0.282. The lowest BCUT2D eigenvalue weighted by Gasteiger charge is -2.36. The molecular weight excluding hydrogens is 805 g/mol. The fraction of sp³-hybridized carbons (Fsp3) is 0.692. The number of aromatic hydroxyl groups is 1. The monoisotopic (exact) mass is 854 g/mol. The van der Waals surface area contributed by atoms with Gasteiger partial charge >= 0.3 is 6.09 Å². The van der Waals surface area contributed by atoms with Crippen LogP contribution in [0.15, 0.2) is 18.2 Å². The van der Waals surface area contributed by atoms with Gasteiger partial charge < -0.3 is 30.1 Å². The van der Waals surface area contributed by atoms with Crippen LogP contribution in [0.2, 0.25) is 0 Å². The van der Waals surface area contributed by atoms with Gasteiger partial charge in [-0.1, -0.05) is 34.1 Å². The minimum atomic E-state index is -4.32. The molecule has 4 N–H and O–H groups in total. The number of carbonyl (C=O) groups is 4. The van der Waals surface area contributed by atoms with Crippen molar-refractivity contribution < 1.29 is 59.7 Å². The summed E-state index contributed by atoms with van der Waals surface area (Å²) in [5, 5.41) is 15.2. The van der Waals surface area contributed by atoms with Gasteiger partial charge in [0.25, 0.3) is 11.8 Å². The Balaban J connectivity index is 1.30. The minimum absolute atomic E-state index is 0.0139. The first-order valence-electron chi connectivity index (χ1n) is 20.0. The zero-order chi connectivity index (χ0) is 43.0. The SMILES string of the molecule is CC[C@@H]1[C@@H]2CN(C(=O)[C@H](C(C)(C)C)NC(=O)O[C@@H]3C[C@H]3CCCCC(F)(F)c3nc4ccc(O)cc4nc3O2)[C@@H]1C(=O)N[C@]1(C(=O)NS(=O)(=O)C2(C)CC2)C[C@H]1C(F)F. The van der Waals surface area contributed by atoms with E-state index in [1.54, 1.807) is 27.7 Å². The number of fused-ring (bicyclic) bond motifs is 5. The Morgan fingerprint density at radius 3 is 2.41 bits per heavy atom. The molecule has 1 aromatic carbocycles. The number of nitrogens with zero attached hydrogens (tertiary/aromatic N) is 3. The highest BCUT2D eigenvalue weighted by Crippen LogP contribution is 2.50. The van der Waals surface area contributed by atoms with Gasteiger partial charge in [-0.15, -0.1) is 0 Å². The molecular formula is C39H50F4N6O9S. The van der Waals surface area contributed by atoms with E-state index in [4.69, 9.17) is 9.47 Å². The molecule has 2 bridgehead atoms. The Labute approximate surface area is 338 Å². The lowest BCUT2D eigenvalue weighted by molar-refractivity contribution is -0.144. The summed E-state index contributed by atoms with van der Waals surface area (Å²) >= 11 is 0. The number of carbonyl (C=O) groups excluding carboxylic acids is 4. The van der Waals surface area contributed by atoms with Crippen LogP contribution in [0, 0.1) is 23.2 Å². The van der Waals surface area contributed by atoms with Crippen LogP contribution in [0.3, 0.4) is 0 Å². The van der Waals surface area contributed by atoms with Crippen LogP contribution < -0.4 is 20.1 Å². The van der Waals surface area contributed by atoms with Crippen molar-refractivity contribution >= 4 is 44.9 Å². The Morgan fingerprint density at radius 1 is 1.07 bits per heavy atom. The molecule has 7 rings (SSSR count). The van der Waals surface area contributed by atoms with Crippen molar-refractivity contribution in [3.63, 3.8) is 0 Å². The molecule has 1 aromatic heterocycles. The number of hydrogen-bond donors (Lipinski definition) is 4. The van der Waals surface area contributed by atoms with E-state index in [9.17, 15) is 41.5 Å². The third-order valence-electron chi connectivity index (χ3n) is 12.6. The highest BCUT2D eigenvalue weighted by Gasteiger charge is 2.68. The van der Waals surface area contributed by atoms with E-state index in [-0.39, 0.29) is 48.4 Å². The average molecular weight is 855 g/mol. The molecule has 0 spiro atoms. The summed E-state index contributed by atoms with van der Waals surface area (Å²) < 4.78 is 99.7. The maximum Gasteiger partial charge on any atom is 0.408 e. The van der Waals surface area contributed by atoms with Crippen LogP contribution >= 0.6 is 0 Å². The van der Waals surface area contributed by atoms with Gasteiger partial charge in [0, 0.05) is 18.4 Å². The highest BCUT2D eigenvalue weighted by molar-refractivity contribution is 7.91. The molecule has 8 atom stereocenters. The highest BCUT2D eigenvalue weighted by atomic mass is 32.2. The topological polar surface area (TPSA) is 206 Å². The van der Waals surface area contributed by atoms with E-state index in [0.29, 0.717) is 19.3 Å². The summed E-state index contributed by atoms with van der Waals surface area (Å²) in [6, 6.07) is 0.842. The lowest BCUT2D eigenvalue weighted by Crippen LogP contribution is -2.61. The largest absolute Gasteiger partial charge is 0.508 e. The number of phenolic OH excluding ortho intramolecular Hbond substituents is 1. The average Bonchev–Trinajstić information content (AvgIpc) is 4.09. The third kappa shape index (κ3) is 8.21. The first kappa shape index (κ1) is 42.6. The molecule has 3 heterocycles. The summed E-state index contributed by atoms with van der Waals surface area (Å²) in [7, 11) is -4.32. The Bertz CT molecular complexity index is 2150. The van der Waals surface area contributed by atoms with E-state index < -0.39 is 129 Å². The molecule has 2 aromatic rings. The molecule has 0 unspecified atom stereocenters. The van der Waals surface area contributed by atoms with Crippen molar-refractivity contribution in [2.24, 2.45) is 23.2 Å². The van der Waals surface area contributed by atoms with Crippen molar-refractivity contribution in [1.82, 2.24) is 30.2 Å². The standard InChI is InChI=1S/C39H50F4N6O9S/c1-6-21-26-18-49(27(21)31(51)47-38(17-22(38)30(40)41)34(53)48-59(55,56)37(5)13-14-37)33(52)29(36(2,3)4)46-35(54)58-25-15-19(25)9-7-8-12-39(42,43)28-32(57-26)45-24-16-20(50)10-11-23(24)44-28/h10-11,16,19,21-22,25-27,29-30,50H,6-9,12-15,17-18H2,1-5H3,(H,46,54)(H,47,51)(H,48,53)/t19-,21-,22+,25-,26+,27+,29-,38-/m1/s1. The van der Waals surface area contributed by atoms with E-state index in [2.05, 4.69) is 20.6 Å². The van der Waals surface area contributed by atoms with Gasteiger partial charge in [-0.3, -0.25) is 19.1 Å². The number of hydrogen-bond acceptors (Lipinski definition) is 11. The van der Waals surface area contributed by atoms with Crippen LogP contribution in [-0.2, 0) is 35.1 Å². The zero-order valence-corrected chi connectivity index (χ0v) is 34.2. The van der Waals surface area contributed by atoms with Crippen LogP contribution in [0.25, 0.3) is 11.0 Å². The number of rotatable bonds is 7. The van der Waals surface area contributed by atoms with E-state index in [1.165, 1.54) is 25.1 Å². The first-order chi connectivity index (χ1) is 27.5. The molecule has 324 valence electrons. The van der Waals surface area contributed by atoms with Gasteiger partial charge in [-0.2, -0.15) is 8.78 Å². The summed E-state index contributed by atoms with van der Waals surface area (Å²) in [5.74, 6) is -10.6. The predicted molar refractivity (Wildman–Crippen MR) is 202 cm³/mol. The zero-order valence-electron chi connectivity index (χ0n) is 33.4. The molecule has 4 amide bonds. The van der Waals surface area contributed by atoms with Crippen molar-refractivity contribution in [2.45, 2.75) is 139 Å². The predicted octanol–water partition coefficient (Wildman–Crippen LogP) is 4.65. The molecule has 0 radical (unpaired) electrons. The maximum atomic E-state index is 16.3. The smallest absolute Gasteiger partial charge is 0.408 e. The van der Waals surface area contributed by atoms with Gasteiger partial charge in [-0.25, -0.2) is 32.0 Å². The minimum Gasteiger partial charge on any atom is -0.508 e. The first-order valence-corrected chi connectivity index (χ1v) is 21.5. The summed E-state index contributed by atoms with van der Waals surface area (Å²) in [6.45, 7) is 7.53. The number of alkyl carbamates (subject to hydrolysis) is 1.